The van der Waals surface area contributed by atoms with Crippen molar-refractivity contribution < 1.29 is 9.53 Å². The second kappa shape index (κ2) is 3.88. The van der Waals surface area contributed by atoms with Gasteiger partial charge in [-0.2, -0.15) is 0 Å². The van der Waals surface area contributed by atoms with Gasteiger partial charge in [0.15, 0.2) is 0 Å². The van der Waals surface area contributed by atoms with Crippen molar-refractivity contribution in [1.29, 1.82) is 0 Å². The number of rotatable bonds is 2. The van der Waals surface area contributed by atoms with E-state index in [1.807, 2.05) is 6.08 Å². The van der Waals surface area contributed by atoms with Crippen molar-refractivity contribution in [2.45, 2.75) is 18.9 Å². The molecule has 0 aromatic heterocycles. The summed E-state index contributed by atoms with van der Waals surface area (Å²) in [5.41, 5.74) is 0. The molecule has 0 fully saturated rings. The van der Waals surface area contributed by atoms with E-state index in [9.17, 15) is 4.79 Å². The maximum atomic E-state index is 9.89. The summed E-state index contributed by atoms with van der Waals surface area (Å²) in [4.78, 5) is 9.89. The minimum Gasteiger partial charge on any atom is -0.494 e. The smallest absolute Gasteiger partial charge is 0.142 e. The molecule has 0 N–H and O–H groups in total. The van der Waals surface area contributed by atoms with Gasteiger partial charge in [0.05, 0.1) is 6.26 Å². The maximum Gasteiger partial charge on any atom is 0.142 e. The third-order valence-electron chi connectivity index (χ3n) is 1.37. The average molecular weight is 138 g/mol. The zero-order valence-corrected chi connectivity index (χ0v) is 5.69. The van der Waals surface area contributed by atoms with Gasteiger partial charge in [0.25, 0.3) is 0 Å². The van der Waals surface area contributed by atoms with Crippen molar-refractivity contribution in [2.75, 3.05) is 0 Å². The lowest BCUT2D eigenvalue weighted by atomic mass is 10.1. The minimum absolute atomic E-state index is 0.107. The van der Waals surface area contributed by atoms with Crippen molar-refractivity contribution >= 4 is 6.29 Å². The molecule has 0 radical (unpaired) electrons. The number of ether oxygens (including phenoxy) is 1. The van der Waals surface area contributed by atoms with Gasteiger partial charge in [-0.1, -0.05) is 0 Å². The maximum absolute atomic E-state index is 9.89. The van der Waals surface area contributed by atoms with Crippen LogP contribution in [0.3, 0.4) is 0 Å². The normalized spacial score (nSPS) is 24.6. The molecule has 1 aliphatic rings. The van der Waals surface area contributed by atoms with Crippen molar-refractivity contribution in [3.8, 4) is 0 Å². The second-order valence-corrected chi connectivity index (χ2v) is 2.14. The number of hydrogen-bond donors (Lipinski definition) is 0. The Bertz CT molecular complexity index is 159. The van der Waals surface area contributed by atoms with E-state index in [0.717, 1.165) is 19.1 Å². The highest BCUT2D eigenvalue weighted by atomic mass is 16.5. The predicted molar refractivity (Wildman–Crippen MR) is 38.5 cm³/mol. The largest absolute Gasteiger partial charge is 0.494 e. The Labute approximate surface area is 60.2 Å². The number of carbonyl (C=O) groups excluding carboxylic acids is 1. The fourth-order valence-electron chi connectivity index (χ4n) is 0.864. The average Bonchev–Trinajstić information content (AvgIpc) is 2.03. The van der Waals surface area contributed by atoms with E-state index >= 15 is 0 Å². The summed E-state index contributed by atoms with van der Waals surface area (Å²) in [5, 5.41) is 0. The van der Waals surface area contributed by atoms with Gasteiger partial charge in [0, 0.05) is 0 Å². The van der Waals surface area contributed by atoms with E-state index in [1.54, 1.807) is 12.3 Å². The Kier molecular flexibility index (Phi) is 2.74. The van der Waals surface area contributed by atoms with E-state index in [1.165, 1.54) is 6.08 Å². The van der Waals surface area contributed by atoms with E-state index in [-0.39, 0.29) is 6.10 Å². The molecule has 0 aromatic rings. The molecule has 0 saturated heterocycles. The SMILES string of the molecule is O=CC=CC1CCC=CO1. The number of hydrogen-bond acceptors (Lipinski definition) is 2. The molecule has 0 spiro atoms. The van der Waals surface area contributed by atoms with Crippen molar-refractivity contribution in [1.82, 2.24) is 0 Å². The van der Waals surface area contributed by atoms with Gasteiger partial charge in [-0.25, -0.2) is 0 Å². The Morgan fingerprint density at radius 2 is 2.50 bits per heavy atom. The first-order chi connectivity index (χ1) is 4.93. The van der Waals surface area contributed by atoms with Crippen LogP contribution in [0.1, 0.15) is 12.8 Å². The highest BCUT2D eigenvalue weighted by Crippen LogP contribution is 2.10. The molecule has 0 saturated carbocycles. The van der Waals surface area contributed by atoms with Gasteiger partial charge in [-0.3, -0.25) is 4.79 Å². The zero-order chi connectivity index (χ0) is 7.23. The molecule has 1 aliphatic heterocycles. The lowest BCUT2D eigenvalue weighted by Gasteiger charge is -2.14. The van der Waals surface area contributed by atoms with Gasteiger partial charge < -0.3 is 4.74 Å². The highest BCUT2D eigenvalue weighted by molar-refractivity contribution is 5.64. The first kappa shape index (κ1) is 7.06. The van der Waals surface area contributed by atoms with Gasteiger partial charge >= 0.3 is 0 Å². The number of carbonyl (C=O) groups is 1. The van der Waals surface area contributed by atoms with E-state index in [0.29, 0.717) is 0 Å². The Balaban J connectivity index is 2.34. The van der Waals surface area contributed by atoms with E-state index in [2.05, 4.69) is 0 Å². The van der Waals surface area contributed by atoms with Gasteiger partial charge in [-0.05, 0) is 31.1 Å². The molecule has 0 aromatic carbocycles. The molecule has 10 heavy (non-hydrogen) atoms. The van der Waals surface area contributed by atoms with E-state index in [4.69, 9.17) is 4.74 Å². The Morgan fingerprint density at radius 3 is 3.10 bits per heavy atom. The van der Waals surface area contributed by atoms with Crippen LogP contribution in [-0.2, 0) is 9.53 Å². The molecule has 1 unspecified atom stereocenters. The van der Waals surface area contributed by atoms with Crippen LogP contribution in [-0.4, -0.2) is 12.4 Å². The second-order valence-electron chi connectivity index (χ2n) is 2.14. The Morgan fingerprint density at radius 1 is 1.60 bits per heavy atom. The molecule has 1 atom stereocenters. The monoisotopic (exact) mass is 138 g/mol. The van der Waals surface area contributed by atoms with Crippen LogP contribution in [0.4, 0.5) is 0 Å². The first-order valence-corrected chi connectivity index (χ1v) is 3.36. The Hall–Kier alpha value is -1.05. The molecule has 54 valence electrons. The third-order valence-corrected chi connectivity index (χ3v) is 1.37. The molecule has 1 heterocycles. The summed E-state index contributed by atoms with van der Waals surface area (Å²) < 4.78 is 5.15. The van der Waals surface area contributed by atoms with Crippen molar-refractivity contribution in [3.05, 3.63) is 24.5 Å². The molecule has 0 bridgehead atoms. The van der Waals surface area contributed by atoms with Gasteiger partial charge in [0.1, 0.15) is 12.4 Å². The first-order valence-electron chi connectivity index (χ1n) is 3.36. The lowest BCUT2D eigenvalue weighted by Crippen LogP contribution is -2.08. The molecule has 1 rings (SSSR count). The fraction of sp³-hybridized carbons (Fsp3) is 0.375. The highest BCUT2D eigenvalue weighted by Gasteiger charge is 2.04. The summed E-state index contributed by atoms with van der Waals surface area (Å²) in [6.07, 6.45) is 9.79. The molecule has 0 amide bonds. The minimum atomic E-state index is 0.107. The molecule has 2 heteroatoms. The van der Waals surface area contributed by atoms with E-state index < -0.39 is 0 Å². The van der Waals surface area contributed by atoms with Crippen LogP contribution >= 0.6 is 0 Å². The van der Waals surface area contributed by atoms with Crippen molar-refractivity contribution in [2.24, 2.45) is 0 Å². The summed E-state index contributed by atoms with van der Waals surface area (Å²) in [7, 11) is 0. The molecule has 0 aliphatic carbocycles. The van der Waals surface area contributed by atoms with Crippen LogP contribution in [0.15, 0.2) is 24.5 Å². The molecular formula is C8H10O2. The quantitative estimate of drug-likeness (QED) is 0.426. The fourth-order valence-corrected chi connectivity index (χ4v) is 0.864. The van der Waals surface area contributed by atoms with Crippen molar-refractivity contribution in [3.63, 3.8) is 0 Å². The van der Waals surface area contributed by atoms with Crippen LogP contribution in [0.25, 0.3) is 0 Å². The molecule has 2 nitrogen and oxygen atoms in total. The number of aldehydes is 1. The summed E-state index contributed by atoms with van der Waals surface area (Å²) in [5.74, 6) is 0. The van der Waals surface area contributed by atoms with Crippen LogP contribution in [0, 0.1) is 0 Å². The van der Waals surface area contributed by atoms with Crippen LogP contribution in [0.5, 0.6) is 0 Å². The van der Waals surface area contributed by atoms with Crippen LogP contribution in [0.2, 0.25) is 0 Å². The predicted octanol–water partition coefficient (Wildman–Crippen LogP) is 1.43. The van der Waals surface area contributed by atoms with Gasteiger partial charge in [0.2, 0.25) is 0 Å². The third kappa shape index (κ3) is 2.05. The van der Waals surface area contributed by atoms with Crippen LogP contribution < -0.4 is 0 Å². The lowest BCUT2D eigenvalue weighted by molar-refractivity contribution is -0.104. The topological polar surface area (TPSA) is 26.3 Å². The zero-order valence-electron chi connectivity index (χ0n) is 5.69. The molecular weight excluding hydrogens is 128 g/mol. The summed E-state index contributed by atoms with van der Waals surface area (Å²) >= 11 is 0. The standard InChI is InChI=1S/C8H10O2/c9-6-3-5-8-4-1-2-7-10-8/h2-3,5-8H,1,4H2. The summed E-state index contributed by atoms with van der Waals surface area (Å²) in [6.45, 7) is 0. The van der Waals surface area contributed by atoms with Gasteiger partial charge in [-0.15, -0.1) is 0 Å². The number of allylic oxidation sites excluding steroid dienone is 2. The summed E-state index contributed by atoms with van der Waals surface area (Å²) in [6, 6.07) is 0.